The molecule has 1 atom stereocenters. The third-order valence-electron chi connectivity index (χ3n) is 4.52. The summed E-state index contributed by atoms with van der Waals surface area (Å²) in [7, 11) is 0. The summed E-state index contributed by atoms with van der Waals surface area (Å²) in [6.45, 7) is 6.64. The highest BCUT2D eigenvalue weighted by atomic mass is 16.5. The number of rotatable bonds is 2. The molecule has 1 unspecified atom stereocenters. The van der Waals surface area contributed by atoms with Crippen molar-refractivity contribution < 1.29 is 9.47 Å². The van der Waals surface area contributed by atoms with Gasteiger partial charge >= 0.3 is 0 Å². The second-order valence-corrected chi connectivity index (χ2v) is 6.25. The molecule has 0 aromatic carbocycles. The molecule has 6 nitrogen and oxygen atoms in total. The molecule has 1 aromatic heterocycles. The van der Waals surface area contributed by atoms with Crippen LogP contribution in [0.15, 0.2) is 0 Å². The average molecular weight is 280 g/mol. The van der Waals surface area contributed by atoms with Crippen molar-refractivity contribution in [2.45, 2.75) is 57.1 Å². The van der Waals surface area contributed by atoms with Crippen LogP contribution in [0.3, 0.4) is 0 Å². The third kappa shape index (κ3) is 2.42. The minimum absolute atomic E-state index is 0.0316. The summed E-state index contributed by atoms with van der Waals surface area (Å²) >= 11 is 0. The van der Waals surface area contributed by atoms with Gasteiger partial charge < -0.3 is 15.2 Å². The van der Waals surface area contributed by atoms with Gasteiger partial charge in [0.2, 0.25) is 0 Å². The van der Waals surface area contributed by atoms with E-state index in [1.54, 1.807) is 0 Å². The number of aromatic nitrogens is 3. The monoisotopic (exact) mass is 280 g/mol. The van der Waals surface area contributed by atoms with Crippen molar-refractivity contribution in [3.8, 4) is 0 Å². The fourth-order valence-corrected chi connectivity index (χ4v) is 3.45. The Morgan fingerprint density at radius 1 is 1.30 bits per heavy atom. The largest absolute Gasteiger partial charge is 0.381 e. The summed E-state index contributed by atoms with van der Waals surface area (Å²) in [5.41, 5.74) is 7.00. The van der Waals surface area contributed by atoms with Gasteiger partial charge in [-0.15, -0.1) is 5.10 Å². The molecular weight excluding hydrogens is 256 g/mol. The zero-order valence-electron chi connectivity index (χ0n) is 12.3. The van der Waals surface area contributed by atoms with Crippen LogP contribution in [0.2, 0.25) is 0 Å². The van der Waals surface area contributed by atoms with Gasteiger partial charge in [-0.25, -0.2) is 4.68 Å². The highest BCUT2D eigenvalue weighted by Crippen LogP contribution is 2.40. The van der Waals surface area contributed by atoms with E-state index in [0.29, 0.717) is 17.8 Å². The molecule has 0 aliphatic carbocycles. The van der Waals surface area contributed by atoms with Crippen LogP contribution in [0.25, 0.3) is 0 Å². The standard InChI is InChI=1S/C14H24N4O2/c1-10(2)12-13(15)16-17-18(12)11-3-6-20-14(9-11)4-7-19-8-5-14/h10-11H,3-9,15H2,1-2H3. The molecule has 0 amide bonds. The first-order valence-corrected chi connectivity index (χ1v) is 7.53. The van der Waals surface area contributed by atoms with Crippen molar-refractivity contribution in [3.63, 3.8) is 0 Å². The van der Waals surface area contributed by atoms with Crippen LogP contribution >= 0.6 is 0 Å². The fraction of sp³-hybridized carbons (Fsp3) is 0.857. The van der Waals surface area contributed by atoms with Gasteiger partial charge in [-0.2, -0.15) is 0 Å². The Bertz CT molecular complexity index is 460. The molecule has 6 heteroatoms. The van der Waals surface area contributed by atoms with E-state index < -0.39 is 0 Å². The van der Waals surface area contributed by atoms with Crippen molar-refractivity contribution in [1.82, 2.24) is 15.0 Å². The van der Waals surface area contributed by atoms with E-state index >= 15 is 0 Å². The zero-order chi connectivity index (χ0) is 14.2. The zero-order valence-corrected chi connectivity index (χ0v) is 12.3. The maximum atomic E-state index is 6.09. The molecule has 0 radical (unpaired) electrons. The molecular formula is C14H24N4O2. The van der Waals surface area contributed by atoms with Crippen molar-refractivity contribution in [1.29, 1.82) is 0 Å². The summed E-state index contributed by atoms with van der Waals surface area (Å²) in [6, 6.07) is 0.337. The van der Waals surface area contributed by atoms with E-state index in [-0.39, 0.29) is 5.60 Å². The normalized spacial score (nSPS) is 26.2. The van der Waals surface area contributed by atoms with Crippen molar-refractivity contribution in [3.05, 3.63) is 5.69 Å². The first kappa shape index (κ1) is 13.8. The van der Waals surface area contributed by atoms with Gasteiger partial charge in [-0.3, -0.25) is 0 Å². The van der Waals surface area contributed by atoms with Gasteiger partial charge in [-0.1, -0.05) is 19.1 Å². The molecule has 3 heterocycles. The van der Waals surface area contributed by atoms with Gasteiger partial charge in [0.15, 0.2) is 5.82 Å². The number of ether oxygens (including phenoxy) is 2. The van der Waals surface area contributed by atoms with Crippen molar-refractivity contribution in [2.75, 3.05) is 25.6 Å². The van der Waals surface area contributed by atoms with Gasteiger partial charge in [0.1, 0.15) is 0 Å². The van der Waals surface area contributed by atoms with E-state index in [1.165, 1.54) is 0 Å². The van der Waals surface area contributed by atoms with Crippen LogP contribution in [0.5, 0.6) is 0 Å². The average Bonchev–Trinajstić information content (AvgIpc) is 2.82. The number of hydrogen-bond acceptors (Lipinski definition) is 5. The molecule has 3 rings (SSSR count). The molecule has 1 aromatic rings. The first-order valence-electron chi connectivity index (χ1n) is 7.53. The number of nitrogen functional groups attached to an aromatic ring is 1. The van der Waals surface area contributed by atoms with Crippen LogP contribution in [0.4, 0.5) is 5.82 Å². The summed E-state index contributed by atoms with van der Waals surface area (Å²) in [5, 5.41) is 8.37. The van der Waals surface area contributed by atoms with E-state index in [4.69, 9.17) is 15.2 Å². The molecule has 2 aliphatic heterocycles. The lowest BCUT2D eigenvalue weighted by molar-refractivity contribution is -0.145. The quantitative estimate of drug-likeness (QED) is 0.895. The fourth-order valence-electron chi connectivity index (χ4n) is 3.45. The van der Waals surface area contributed by atoms with Gasteiger partial charge in [0, 0.05) is 19.8 Å². The summed E-state index contributed by atoms with van der Waals surface area (Å²) in [6.07, 6.45) is 3.92. The molecule has 0 saturated carbocycles. The van der Waals surface area contributed by atoms with Crippen LogP contribution in [-0.4, -0.2) is 40.4 Å². The highest BCUT2D eigenvalue weighted by molar-refractivity contribution is 5.35. The lowest BCUT2D eigenvalue weighted by Gasteiger charge is -2.43. The number of nitrogens with two attached hydrogens (primary N) is 1. The highest BCUT2D eigenvalue weighted by Gasteiger charge is 2.40. The first-order chi connectivity index (χ1) is 9.61. The minimum Gasteiger partial charge on any atom is -0.381 e. The Balaban J connectivity index is 1.83. The Hall–Kier alpha value is -1.14. The van der Waals surface area contributed by atoms with E-state index in [2.05, 4.69) is 24.2 Å². The van der Waals surface area contributed by atoms with E-state index in [0.717, 1.165) is 51.2 Å². The van der Waals surface area contributed by atoms with Crippen LogP contribution in [0, 0.1) is 0 Å². The number of nitrogens with zero attached hydrogens (tertiary/aromatic N) is 3. The van der Waals surface area contributed by atoms with E-state index in [9.17, 15) is 0 Å². The van der Waals surface area contributed by atoms with E-state index in [1.807, 2.05) is 4.68 Å². The topological polar surface area (TPSA) is 75.2 Å². The van der Waals surface area contributed by atoms with Crippen LogP contribution < -0.4 is 5.73 Å². The third-order valence-corrected chi connectivity index (χ3v) is 4.52. The van der Waals surface area contributed by atoms with Gasteiger partial charge in [0.05, 0.1) is 17.3 Å². The van der Waals surface area contributed by atoms with Gasteiger partial charge in [-0.05, 0) is 31.6 Å². The lowest BCUT2D eigenvalue weighted by atomic mass is 9.84. The molecule has 2 saturated heterocycles. The maximum Gasteiger partial charge on any atom is 0.169 e. The van der Waals surface area contributed by atoms with Crippen LogP contribution in [-0.2, 0) is 9.47 Å². The molecule has 20 heavy (non-hydrogen) atoms. The number of anilines is 1. The van der Waals surface area contributed by atoms with Gasteiger partial charge in [0.25, 0.3) is 0 Å². The maximum absolute atomic E-state index is 6.09. The molecule has 2 N–H and O–H groups in total. The Kier molecular flexibility index (Phi) is 3.69. The second kappa shape index (κ2) is 5.33. The van der Waals surface area contributed by atoms with Crippen LogP contribution in [0.1, 0.15) is 57.2 Å². The predicted octanol–water partition coefficient (Wildman–Crippen LogP) is 1.88. The predicted molar refractivity (Wildman–Crippen MR) is 75.5 cm³/mol. The minimum atomic E-state index is -0.0316. The van der Waals surface area contributed by atoms with Crippen molar-refractivity contribution in [2.24, 2.45) is 0 Å². The molecule has 112 valence electrons. The SMILES string of the molecule is CC(C)c1c(N)nnn1C1CCOC2(CCOCC2)C1. The lowest BCUT2D eigenvalue weighted by Crippen LogP contribution is -2.45. The van der Waals surface area contributed by atoms with Crippen molar-refractivity contribution >= 4 is 5.82 Å². The molecule has 2 aliphatic rings. The smallest absolute Gasteiger partial charge is 0.169 e. The Morgan fingerprint density at radius 3 is 2.75 bits per heavy atom. The Labute approximate surface area is 119 Å². The Morgan fingerprint density at radius 2 is 2.05 bits per heavy atom. The molecule has 1 spiro atoms. The summed E-state index contributed by atoms with van der Waals surface area (Å²) < 4.78 is 13.6. The summed E-state index contributed by atoms with van der Waals surface area (Å²) in [4.78, 5) is 0. The number of hydrogen-bond donors (Lipinski definition) is 1. The molecule has 0 bridgehead atoms. The summed E-state index contributed by atoms with van der Waals surface area (Å²) in [5.74, 6) is 0.894. The molecule has 2 fully saturated rings. The second-order valence-electron chi connectivity index (χ2n) is 6.25.